The molecule has 0 bridgehead atoms. The molecule has 4 aliphatic rings. The van der Waals surface area contributed by atoms with Gasteiger partial charge in [-0.2, -0.15) is 10.2 Å². The summed E-state index contributed by atoms with van der Waals surface area (Å²) in [6.07, 6.45) is 18.3. The number of nitrogen functional groups attached to an aromatic ring is 1. The molecule has 432 valence electrons. The molecular formula is C61H87ClN14O4. The number of hydrogen-bond acceptors (Lipinski definition) is 14. The molecule has 8 heterocycles. The first-order valence-electron chi connectivity index (χ1n) is 28.0. The number of halogens is 1. The van der Waals surface area contributed by atoms with Gasteiger partial charge in [-0.3, -0.25) is 19.0 Å². The van der Waals surface area contributed by atoms with Crippen LogP contribution in [-0.4, -0.2) is 161 Å². The van der Waals surface area contributed by atoms with Crippen LogP contribution in [0.15, 0.2) is 85.7 Å². The highest BCUT2D eigenvalue weighted by molar-refractivity contribution is 6.28. The second-order valence-electron chi connectivity index (χ2n) is 23.7. The zero-order valence-corrected chi connectivity index (χ0v) is 48.9. The summed E-state index contributed by atoms with van der Waals surface area (Å²) >= 11 is 5.87. The highest BCUT2D eigenvalue weighted by atomic mass is 35.5. The Morgan fingerprint density at radius 3 is 1.54 bits per heavy atom. The Kier molecular flexibility index (Phi) is 21.0. The van der Waals surface area contributed by atoms with Crippen molar-refractivity contribution in [2.45, 2.75) is 150 Å². The third kappa shape index (κ3) is 17.8. The van der Waals surface area contributed by atoms with Crippen molar-refractivity contribution in [2.75, 3.05) is 77.5 Å². The number of nitrogens with one attached hydrogen (secondary N) is 1. The quantitative estimate of drug-likeness (QED) is 0.0980. The number of benzene rings is 2. The monoisotopic (exact) mass is 1110 g/mol. The predicted molar refractivity (Wildman–Crippen MR) is 319 cm³/mol. The molecule has 3 N–H and O–H groups in total. The van der Waals surface area contributed by atoms with E-state index in [1.165, 1.54) is 24.0 Å². The van der Waals surface area contributed by atoms with Gasteiger partial charge in [0.1, 0.15) is 0 Å². The predicted octanol–water partition coefficient (Wildman–Crippen LogP) is 10.0. The van der Waals surface area contributed by atoms with Gasteiger partial charge in [0.15, 0.2) is 0 Å². The number of likely N-dealkylation sites (tertiary alicyclic amines) is 4. The molecule has 4 saturated heterocycles. The van der Waals surface area contributed by atoms with Gasteiger partial charge in [-0.25, -0.2) is 19.9 Å². The number of piperidine rings is 2. The van der Waals surface area contributed by atoms with Crippen molar-refractivity contribution in [1.82, 2.24) is 59.1 Å². The number of nitrogens with two attached hydrogens (primary N) is 1. The van der Waals surface area contributed by atoms with Crippen LogP contribution in [-0.2, 0) is 31.9 Å². The minimum atomic E-state index is -0.172. The molecule has 0 atom stereocenters. The van der Waals surface area contributed by atoms with Crippen LogP contribution in [0, 0.1) is 13.8 Å². The van der Waals surface area contributed by atoms with Gasteiger partial charge in [0, 0.05) is 74.9 Å². The fourth-order valence-electron chi connectivity index (χ4n) is 10.4. The van der Waals surface area contributed by atoms with Crippen LogP contribution in [0.5, 0.6) is 0 Å². The van der Waals surface area contributed by atoms with E-state index in [1.807, 2.05) is 72.0 Å². The van der Waals surface area contributed by atoms with Crippen LogP contribution in [0.25, 0.3) is 22.5 Å². The van der Waals surface area contributed by atoms with Gasteiger partial charge in [-0.1, -0.05) is 31.7 Å². The molecule has 2 amide bonds. The maximum absolute atomic E-state index is 12.6. The minimum absolute atomic E-state index is 0. The lowest BCUT2D eigenvalue weighted by Gasteiger charge is -2.42. The number of anilines is 3. The maximum Gasteiger partial charge on any atom is 0.227 e. The van der Waals surface area contributed by atoms with E-state index >= 15 is 0 Å². The summed E-state index contributed by atoms with van der Waals surface area (Å²) in [4.78, 5) is 50.8. The number of hydrogen-bond donors (Lipinski definition) is 2. The van der Waals surface area contributed by atoms with Crippen molar-refractivity contribution in [3.63, 3.8) is 0 Å². The van der Waals surface area contributed by atoms with Gasteiger partial charge in [-0.15, -0.1) is 0 Å². The third-order valence-electron chi connectivity index (χ3n) is 14.8. The van der Waals surface area contributed by atoms with Crippen LogP contribution in [0.4, 0.5) is 17.3 Å². The molecule has 0 saturated carbocycles. The van der Waals surface area contributed by atoms with E-state index in [2.05, 4.69) is 124 Å². The Hall–Kier alpha value is -6.31. The summed E-state index contributed by atoms with van der Waals surface area (Å²) < 4.78 is 15.9. The number of carbonyl (C=O) groups is 2. The Labute approximate surface area is 479 Å². The number of aromatic nitrogens is 8. The van der Waals surface area contributed by atoms with Crippen molar-refractivity contribution in [1.29, 1.82) is 0 Å². The number of ether oxygens (including phenoxy) is 2. The molecular weight excluding hydrogens is 1030 g/mol. The molecule has 2 aromatic carbocycles. The summed E-state index contributed by atoms with van der Waals surface area (Å²) in [6, 6.07) is 17.2. The van der Waals surface area contributed by atoms with Crippen molar-refractivity contribution in [3.8, 4) is 22.5 Å². The Balaban J connectivity index is 0.000000194. The van der Waals surface area contributed by atoms with E-state index in [9.17, 15) is 9.59 Å². The maximum atomic E-state index is 12.6. The molecule has 80 heavy (non-hydrogen) atoms. The average molecular weight is 1120 g/mol. The van der Waals surface area contributed by atoms with Crippen LogP contribution < -0.4 is 11.1 Å². The first-order chi connectivity index (χ1) is 37.6. The summed E-state index contributed by atoms with van der Waals surface area (Å²) in [5, 5.41) is 12.4. The summed E-state index contributed by atoms with van der Waals surface area (Å²) in [6.45, 7) is 23.7. The summed E-state index contributed by atoms with van der Waals surface area (Å²) in [7, 11) is 4.33. The molecule has 10 rings (SSSR count). The second kappa shape index (κ2) is 27.4. The van der Waals surface area contributed by atoms with Gasteiger partial charge < -0.3 is 40.1 Å². The first kappa shape index (κ1) is 61.3. The highest BCUT2D eigenvalue weighted by Gasteiger charge is 2.35. The molecule has 4 aromatic heterocycles. The largest absolute Gasteiger partial charge is 0.396 e. The fraction of sp³-hybridized carbons (Fsp3) is 0.541. The average Bonchev–Trinajstić information content (AvgIpc) is 4.04. The number of aryl methyl sites for hydroxylation is 4. The number of carbonyl (C=O) groups excluding carboxylic acids is 2. The standard InChI is InChI=1S/C30H41N7O2.C21H26ClN3O2.C9H16N4.CH4/c1-21-16-23(7-6-22(21)8-9-28(38)36-19-26(20-36)39-30(2,3)4)27-10-13-31-29(34-27)33-24-17-32-37(18-24)25-11-14-35(5)15-12-25;1-14-11-16(18-9-10-23-20(22)24-18)6-5-15(14)7-8-19(26)25-12-17(13-25)27-21(2,3)4;1-12-4-2-9(3-5-12)13-7-8(10)6-11-13;/h6-7,10,13,16-18,25-26H,8-9,11-12,14-15,19-20H2,1-5H3,(H,31,33,34);5-6,9-11,17H,7-8,12-13H2,1-4H3;6-7,9H,2-5,10H2,1H3;1H4. The van der Waals surface area contributed by atoms with E-state index in [0.29, 0.717) is 57.1 Å². The van der Waals surface area contributed by atoms with Gasteiger partial charge in [0.05, 0.1) is 70.7 Å². The van der Waals surface area contributed by atoms with Crippen molar-refractivity contribution in [3.05, 3.63) is 113 Å². The Morgan fingerprint density at radius 2 is 1.10 bits per heavy atom. The van der Waals surface area contributed by atoms with Crippen LogP contribution in [0.2, 0.25) is 5.28 Å². The van der Waals surface area contributed by atoms with E-state index in [4.69, 9.17) is 31.8 Å². The van der Waals surface area contributed by atoms with E-state index < -0.39 is 0 Å². The molecule has 0 radical (unpaired) electrons. The minimum Gasteiger partial charge on any atom is -0.396 e. The van der Waals surface area contributed by atoms with E-state index in [1.54, 1.807) is 18.6 Å². The van der Waals surface area contributed by atoms with Gasteiger partial charge in [-0.05, 0) is 192 Å². The molecule has 4 fully saturated rings. The lowest BCUT2D eigenvalue weighted by molar-refractivity contribution is -0.157. The lowest BCUT2D eigenvalue weighted by atomic mass is 9.99. The Morgan fingerprint density at radius 1 is 0.650 bits per heavy atom. The van der Waals surface area contributed by atoms with Crippen LogP contribution in [0.1, 0.15) is 122 Å². The highest BCUT2D eigenvalue weighted by Crippen LogP contribution is 2.28. The van der Waals surface area contributed by atoms with Gasteiger partial charge in [0.2, 0.25) is 23.0 Å². The lowest BCUT2D eigenvalue weighted by Crippen LogP contribution is -2.56. The van der Waals surface area contributed by atoms with Gasteiger partial charge >= 0.3 is 0 Å². The van der Waals surface area contributed by atoms with Crippen molar-refractivity contribution >= 4 is 40.7 Å². The molecule has 6 aromatic rings. The van der Waals surface area contributed by atoms with Crippen molar-refractivity contribution < 1.29 is 19.1 Å². The summed E-state index contributed by atoms with van der Waals surface area (Å²) in [5.41, 5.74) is 15.3. The van der Waals surface area contributed by atoms with Crippen LogP contribution in [0.3, 0.4) is 0 Å². The summed E-state index contributed by atoms with van der Waals surface area (Å²) in [5.74, 6) is 0.929. The number of rotatable bonds is 14. The first-order valence-corrected chi connectivity index (χ1v) is 28.4. The molecule has 19 heteroatoms. The van der Waals surface area contributed by atoms with Crippen molar-refractivity contribution in [2.24, 2.45) is 0 Å². The SMILES string of the molecule is C.CN1CCC(n2cc(N)cn2)CC1.Cc1cc(-c2ccnc(Cl)n2)ccc1CCC(=O)N1CC(OC(C)(C)C)C1.Cc1cc(-c2ccnc(Nc3cnn(C4CCN(C)CC4)c3)n2)ccc1CCC(=O)N1CC(OC(C)(C)C)C1. The molecule has 0 unspecified atom stereocenters. The normalized spacial score (nSPS) is 16.8. The molecule has 4 aliphatic heterocycles. The molecule has 0 aliphatic carbocycles. The zero-order valence-electron chi connectivity index (χ0n) is 48.2. The topological polar surface area (TPSA) is 191 Å². The Bertz CT molecular complexity index is 2960. The smallest absolute Gasteiger partial charge is 0.227 e. The fourth-order valence-corrected chi connectivity index (χ4v) is 10.5. The van der Waals surface area contributed by atoms with Crippen LogP contribution >= 0.6 is 11.6 Å². The molecule has 0 spiro atoms. The van der Waals surface area contributed by atoms with Gasteiger partial charge in [0.25, 0.3) is 0 Å². The zero-order chi connectivity index (χ0) is 56.4. The third-order valence-corrected chi connectivity index (χ3v) is 15.0. The number of nitrogens with zero attached hydrogens (tertiary/aromatic N) is 12. The molecule has 18 nitrogen and oxygen atoms in total. The van der Waals surface area contributed by atoms with E-state index in [-0.39, 0.29) is 47.9 Å². The van der Waals surface area contributed by atoms with E-state index in [0.717, 1.165) is 96.9 Å². The second-order valence-corrected chi connectivity index (χ2v) is 24.1. The number of amides is 2.